The minimum atomic E-state index is 0.665. The van der Waals surface area contributed by atoms with Gasteiger partial charge in [0.15, 0.2) is 0 Å². The maximum Gasteiger partial charge on any atom is 0.0589 e. The summed E-state index contributed by atoms with van der Waals surface area (Å²) < 4.78 is 5.08. The van der Waals surface area contributed by atoms with Gasteiger partial charge in [-0.25, -0.2) is 0 Å². The zero-order chi connectivity index (χ0) is 10.2. The first kappa shape index (κ1) is 10.4. The smallest absolute Gasteiger partial charge is 0.0589 e. The van der Waals surface area contributed by atoms with Crippen molar-refractivity contribution < 1.29 is 4.74 Å². The molecule has 2 aliphatic heterocycles. The van der Waals surface area contributed by atoms with Crippen molar-refractivity contribution >= 4 is 0 Å². The second-order valence-corrected chi connectivity index (χ2v) is 5.20. The van der Waals surface area contributed by atoms with Crippen LogP contribution in [0, 0.1) is 5.41 Å². The molecule has 2 fully saturated rings. The van der Waals surface area contributed by atoms with E-state index in [1.165, 1.54) is 26.2 Å². The second kappa shape index (κ2) is 3.80. The maximum absolute atomic E-state index is 5.08. The molecule has 0 aromatic rings. The molecule has 0 N–H and O–H groups in total. The van der Waals surface area contributed by atoms with Gasteiger partial charge in [0.1, 0.15) is 0 Å². The largest absolute Gasteiger partial charge is 0.383 e. The standard InChI is InChI=1S/C11H22N2O/c1-10(2)13-8-11(9-13)6-12(7-11)4-5-14-3/h10H,4-9H2,1-3H3. The van der Waals surface area contributed by atoms with Gasteiger partial charge >= 0.3 is 0 Å². The highest BCUT2D eigenvalue weighted by molar-refractivity contribution is 5.06. The Morgan fingerprint density at radius 1 is 1.21 bits per heavy atom. The summed E-state index contributed by atoms with van der Waals surface area (Å²) >= 11 is 0. The molecule has 82 valence electrons. The van der Waals surface area contributed by atoms with Crippen LogP contribution in [0.25, 0.3) is 0 Å². The molecule has 3 nitrogen and oxygen atoms in total. The highest BCUT2D eigenvalue weighted by atomic mass is 16.5. The molecule has 0 saturated carbocycles. The van der Waals surface area contributed by atoms with E-state index in [4.69, 9.17) is 4.74 Å². The van der Waals surface area contributed by atoms with Crippen molar-refractivity contribution in [3.05, 3.63) is 0 Å². The van der Waals surface area contributed by atoms with Crippen LogP contribution in [-0.4, -0.2) is 62.3 Å². The van der Waals surface area contributed by atoms with Crippen LogP contribution in [0.5, 0.6) is 0 Å². The SMILES string of the molecule is COCCN1CC2(C1)CN(C(C)C)C2. The third kappa shape index (κ3) is 1.81. The van der Waals surface area contributed by atoms with E-state index in [0.29, 0.717) is 5.41 Å². The minimum absolute atomic E-state index is 0.665. The summed E-state index contributed by atoms with van der Waals surface area (Å²) in [5.41, 5.74) is 0.665. The molecule has 0 amide bonds. The number of likely N-dealkylation sites (tertiary alicyclic amines) is 2. The van der Waals surface area contributed by atoms with Crippen LogP contribution in [0.2, 0.25) is 0 Å². The summed E-state index contributed by atoms with van der Waals surface area (Å²) in [6.07, 6.45) is 0. The summed E-state index contributed by atoms with van der Waals surface area (Å²) in [4.78, 5) is 5.06. The number of ether oxygens (including phenoxy) is 1. The first-order valence-electron chi connectivity index (χ1n) is 5.61. The lowest BCUT2D eigenvalue weighted by Crippen LogP contribution is -2.73. The predicted octanol–water partition coefficient (Wildman–Crippen LogP) is 0.659. The normalized spacial score (nSPS) is 26.6. The van der Waals surface area contributed by atoms with Crippen molar-refractivity contribution in [2.45, 2.75) is 19.9 Å². The molecule has 0 atom stereocenters. The van der Waals surface area contributed by atoms with E-state index in [0.717, 1.165) is 19.2 Å². The quantitative estimate of drug-likeness (QED) is 0.660. The third-order valence-electron chi connectivity index (χ3n) is 3.54. The van der Waals surface area contributed by atoms with E-state index < -0.39 is 0 Å². The van der Waals surface area contributed by atoms with E-state index in [1.54, 1.807) is 7.11 Å². The highest BCUT2D eigenvalue weighted by Gasteiger charge is 2.51. The predicted molar refractivity (Wildman–Crippen MR) is 57.5 cm³/mol. The molecule has 1 spiro atoms. The van der Waals surface area contributed by atoms with E-state index in [1.807, 2.05) is 0 Å². The van der Waals surface area contributed by atoms with Gasteiger partial charge in [0.2, 0.25) is 0 Å². The number of nitrogens with zero attached hydrogens (tertiary/aromatic N) is 2. The summed E-state index contributed by atoms with van der Waals surface area (Å²) in [7, 11) is 1.78. The lowest BCUT2D eigenvalue weighted by atomic mass is 9.72. The first-order valence-corrected chi connectivity index (χ1v) is 5.61. The van der Waals surface area contributed by atoms with Crippen LogP contribution in [0.3, 0.4) is 0 Å². The Morgan fingerprint density at radius 3 is 2.36 bits per heavy atom. The Morgan fingerprint density at radius 2 is 1.86 bits per heavy atom. The molecule has 2 rings (SSSR count). The van der Waals surface area contributed by atoms with Gasteiger partial charge in [-0.1, -0.05) is 0 Å². The number of rotatable bonds is 4. The number of hydrogen-bond donors (Lipinski definition) is 0. The molecule has 0 aromatic heterocycles. The summed E-state index contributed by atoms with van der Waals surface area (Å²) in [6.45, 7) is 11.8. The van der Waals surface area contributed by atoms with E-state index in [-0.39, 0.29) is 0 Å². The van der Waals surface area contributed by atoms with Crippen molar-refractivity contribution in [1.29, 1.82) is 0 Å². The van der Waals surface area contributed by atoms with Crippen molar-refractivity contribution in [3.8, 4) is 0 Å². The van der Waals surface area contributed by atoms with Crippen LogP contribution in [-0.2, 0) is 4.74 Å². The Kier molecular flexibility index (Phi) is 2.82. The maximum atomic E-state index is 5.08. The van der Waals surface area contributed by atoms with Crippen LogP contribution >= 0.6 is 0 Å². The second-order valence-electron chi connectivity index (χ2n) is 5.20. The monoisotopic (exact) mass is 198 g/mol. The Hall–Kier alpha value is -0.120. The Bertz CT molecular complexity index is 191. The molecule has 2 saturated heterocycles. The molecular formula is C11H22N2O. The van der Waals surface area contributed by atoms with Gasteiger partial charge in [-0.2, -0.15) is 0 Å². The topological polar surface area (TPSA) is 15.7 Å². The van der Waals surface area contributed by atoms with Gasteiger partial charge in [0.25, 0.3) is 0 Å². The summed E-state index contributed by atoms with van der Waals surface area (Å²) in [5, 5.41) is 0. The van der Waals surface area contributed by atoms with Gasteiger partial charge < -0.3 is 4.74 Å². The molecule has 2 aliphatic rings. The molecular weight excluding hydrogens is 176 g/mol. The lowest BCUT2D eigenvalue weighted by molar-refractivity contribution is -0.128. The summed E-state index contributed by atoms with van der Waals surface area (Å²) in [6, 6.07) is 0.730. The van der Waals surface area contributed by atoms with Crippen LogP contribution in [0.4, 0.5) is 0 Å². The molecule has 3 heteroatoms. The molecule has 0 radical (unpaired) electrons. The minimum Gasteiger partial charge on any atom is -0.383 e. The van der Waals surface area contributed by atoms with Crippen LogP contribution in [0.1, 0.15) is 13.8 Å². The molecule has 0 unspecified atom stereocenters. The van der Waals surface area contributed by atoms with Crippen molar-refractivity contribution in [2.24, 2.45) is 5.41 Å². The van der Waals surface area contributed by atoms with E-state index in [9.17, 15) is 0 Å². The fourth-order valence-corrected chi connectivity index (χ4v) is 2.66. The van der Waals surface area contributed by atoms with Gasteiger partial charge in [-0.3, -0.25) is 9.80 Å². The number of methoxy groups -OCH3 is 1. The van der Waals surface area contributed by atoms with E-state index >= 15 is 0 Å². The molecule has 14 heavy (non-hydrogen) atoms. The van der Waals surface area contributed by atoms with Gasteiger partial charge in [0.05, 0.1) is 6.61 Å². The fraction of sp³-hybridized carbons (Fsp3) is 1.00. The zero-order valence-corrected chi connectivity index (χ0v) is 9.62. The summed E-state index contributed by atoms with van der Waals surface area (Å²) in [5.74, 6) is 0. The average Bonchev–Trinajstić information content (AvgIpc) is 1.98. The van der Waals surface area contributed by atoms with Crippen LogP contribution < -0.4 is 0 Å². The molecule has 0 aliphatic carbocycles. The van der Waals surface area contributed by atoms with Gasteiger partial charge in [-0.15, -0.1) is 0 Å². The molecule has 2 heterocycles. The van der Waals surface area contributed by atoms with Gasteiger partial charge in [-0.05, 0) is 13.8 Å². The van der Waals surface area contributed by atoms with Crippen molar-refractivity contribution in [1.82, 2.24) is 9.80 Å². The average molecular weight is 198 g/mol. The number of hydrogen-bond acceptors (Lipinski definition) is 3. The van der Waals surface area contributed by atoms with Crippen molar-refractivity contribution in [2.75, 3.05) is 46.4 Å². The highest BCUT2D eigenvalue weighted by Crippen LogP contribution is 2.40. The Labute approximate surface area is 87.0 Å². The lowest BCUT2D eigenvalue weighted by Gasteiger charge is -2.61. The van der Waals surface area contributed by atoms with E-state index in [2.05, 4.69) is 23.6 Å². The zero-order valence-electron chi connectivity index (χ0n) is 9.62. The Balaban J connectivity index is 1.64. The van der Waals surface area contributed by atoms with Gasteiger partial charge in [0, 0.05) is 51.3 Å². The van der Waals surface area contributed by atoms with Crippen LogP contribution in [0.15, 0.2) is 0 Å². The fourth-order valence-electron chi connectivity index (χ4n) is 2.66. The first-order chi connectivity index (χ1) is 6.65. The molecule has 0 bridgehead atoms. The van der Waals surface area contributed by atoms with Crippen molar-refractivity contribution in [3.63, 3.8) is 0 Å². The third-order valence-corrected chi connectivity index (χ3v) is 3.54. The molecule has 0 aromatic carbocycles.